The van der Waals surface area contributed by atoms with Crippen molar-refractivity contribution in [3.8, 4) is 0 Å². The number of quaternary nitrogens is 1. The Kier molecular flexibility index (Phi) is 32.9. The lowest BCUT2D eigenvalue weighted by Gasteiger charge is -2.28. The van der Waals surface area contributed by atoms with Gasteiger partial charge in [0.15, 0.2) is 6.17 Å². The normalized spacial score (nSPS) is 16.5. The second-order valence-corrected chi connectivity index (χ2v) is 13.4. The van der Waals surface area contributed by atoms with E-state index in [1.165, 1.54) is 206 Å². The largest absolute Gasteiger partial charge is 1.00 e. The highest BCUT2D eigenvalue weighted by molar-refractivity contribution is 4.84. The third-order valence-corrected chi connectivity index (χ3v) is 9.48. The fourth-order valence-electron chi connectivity index (χ4n) is 6.70. The number of halogens is 1. The predicted octanol–water partition coefficient (Wildman–Crippen LogP) is 8.75. The number of hydrogen-bond acceptors (Lipinski definition) is 1. The fourth-order valence-corrected chi connectivity index (χ4v) is 6.70. The molecule has 1 rings (SSSR count). The molecule has 0 aromatic rings. The minimum Gasteiger partial charge on any atom is -1.00 e. The van der Waals surface area contributed by atoms with Crippen LogP contribution in [0.15, 0.2) is 12.4 Å². The minimum atomic E-state index is 0. The maximum atomic E-state index is 2.75. The van der Waals surface area contributed by atoms with Gasteiger partial charge in [0.25, 0.3) is 0 Å². The average molecular weight is 642 g/mol. The van der Waals surface area contributed by atoms with E-state index in [9.17, 15) is 0 Å². The molecule has 0 spiro atoms. The zero-order chi connectivity index (χ0) is 28.8. The Morgan fingerprint density at radius 2 is 0.780 bits per heavy atom. The molecular weight excluding hydrogens is 564 g/mol. The maximum Gasteiger partial charge on any atom is 0.167 e. The summed E-state index contributed by atoms with van der Waals surface area (Å²) in [6, 6.07) is 0. The van der Waals surface area contributed by atoms with Crippen molar-refractivity contribution in [3.05, 3.63) is 12.4 Å². The van der Waals surface area contributed by atoms with Gasteiger partial charge in [0.05, 0.1) is 12.7 Å². The molecule has 2 unspecified atom stereocenters. The number of rotatable bonds is 32. The molecule has 0 bridgehead atoms. The number of nitrogens with zero attached hydrogens (tertiary/aromatic N) is 1. The van der Waals surface area contributed by atoms with Gasteiger partial charge in [-0.05, 0) is 25.7 Å². The van der Waals surface area contributed by atoms with Crippen molar-refractivity contribution in [2.45, 2.75) is 220 Å². The van der Waals surface area contributed by atoms with Crippen molar-refractivity contribution in [3.63, 3.8) is 0 Å². The van der Waals surface area contributed by atoms with Gasteiger partial charge in [-0.15, -0.1) is 0 Å². The fraction of sp³-hybridized carbons (Fsp3) is 0.947. The summed E-state index contributed by atoms with van der Waals surface area (Å²) in [6.45, 7) is 9.59. The smallest absolute Gasteiger partial charge is 0.167 e. The standard InChI is InChI=1S/C38H76N2.BrH/c1-4-7-10-13-16-19-22-25-28-31-34-39-36-37-40(35-32-29-26-23-20-17-14-11-8-5-2)38(39)33-30-27-24-21-18-15-12-9-6-3;/h36-38H,4-35H2,1-3H3;1H. The van der Waals surface area contributed by atoms with Gasteiger partial charge in [0.1, 0.15) is 6.20 Å². The van der Waals surface area contributed by atoms with Gasteiger partial charge in [-0.3, -0.25) is 4.90 Å². The van der Waals surface area contributed by atoms with E-state index >= 15 is 0 Å². The van der Waals surface area contributed by atoms with Crippen molar-refractivity contribution < 1.29 is 21.9 Å². The van der Waals surface area contributed by atoms with Gasteiger partial charge < -0.3 is 21.9 Å². The summed E-state index contributed by atoms with van der Waals surface area (Å²) in [6.07, 6.45) is 48.9. The van der Waals surface area contributed by atoms with Gasteiger partial charge in [-0.2, -0.15) is 0 Å². The summed E-state index contributed by atoms with van der Waals surface area (Å²) < 4.78 is 0. The lowest BCUT2D eigenvalue weighted by atomic mass is 10.0. The van der Waals surface area contributed by atoms with Gasteiger partial charge in [-0.25, -0.2) is 0 Å². The first-order valence-electron chi connectivity index (χ1n) is 19.1. The molecule has 0 saturated carbocycles. The molecule has 0 radical (unpaired) electrons. The minimum absolute atomic E-state index is 0. The number of hydrogen-bond donors (Lipinski definition) is 1. The second kappa shape index (κ2) is 32.9. The van der Waals surface area contributed by atoms with E-state index in [0.717, 1.165) is 6.17 Å². The van der Waals surface area contributed by atoms with Crippen molar-refractivity contribution in [2.75, 3.05) is 13.1 Å². The molecule has 1 heterocycles. The molecule has 0 aliphatic carbocycles. The molecular formula is C38H77BrN2. The monoisotopic (exact) mass is 641 g/mol. The number of nitrogens with one attached hydrogen (secondary N) is 1. The topological polar surface area (TPSA) is 7.68 Å². The van der Waals surface area contributed by atoms with Crippen LogP contribution in [-0.2, 0) is 0 Å². The first-order chi connectivity index (χ1) is 19.8. The molecule has 0 amide bonds. The highest BCUT2D eigenvalue weighted by Gasteiger charge is 2.29. The van der Waals surface area contributed by atoms with Crippen molar-refractivity contribution in [1.82, 2.24) is 4.90 Å². The van der Waals surface area contributed by atoms with E-state index in [1.54, 1.807) is 4.90 Å². The number of unbranched alkanes of at least 4 members (excludes halogenated alkanes) is 26. The molecule has 0 fully saturated rings. The molecule has 3 heteroatoms. The summed E-state index contributed by atoms with van der Waals surface area (Å²) in [5.41, 5.74) is 0. The van der Waals surface area contributed by atoms with Crippen molar-refractivity contribution in [2.24, 2.45) is 0 Å². The molecule has 0 aromatic carbocycles. The third kappa shape index (κ3) is 25.1. The Balaban J connectivity index is 0.0000160. The molecule has 0 aromatic heterocycles. The van der Waals surface area contributed by atoms with E-state index in [0.29, 0.717) is 0 Å². The Labute approximate surface area is 271 Å². The van der Waals surface area contributed by atoms with Crippen LogP contribution in [0.3, 0.4) is 0 Å². The van der Waals surface area contributed by atoms with Gasteiger partial charge in [0.2, 0.25) is 0 Å². The SMILES string of the molecule is CCCCCCCCCCCCN1C=C[NH+](CCCCCCCCCCCC)C1CCCCCCCCCCC.[Br-]. The highest BCUT2D eigenvalue weighted by atomic mass is 79.9. The lowest BCUT2D eigenvalue weighted by Crippen LogP contribution is -3.11. The summed E-state index contributed by atoms with van der Waals surface area (Å²) in [7, 11) is 0. The quantitative estimate of drug-likeness (QED) is 0.0722. The van der Waals surface area contributed by atoms with E-state index in [2.05, 4.69) is 38.1 Å². The molecule has 1 N–H and O–H groups in total. The Hall–Kier alpha value is -0.0200. The van der Waals surface area contributed by atoms with Crippen molar-refractivity contribution in [1.29, 1.82) is 0 Å². The van der Waals surface area contributed by atoms with E-state index in [-0.39, 0.29) is 17.0 Å². The van der Waals surface area contributed by atoms with Crippen molar-refractivity contribution >= 4 is 0 Å². The molecule has 0 saturated heterocycles. The van der Waals surface area contributed by atoms with Crippen LogP contribution in [0.5, 0.6) is 0 Å². The summed E-state index contributed by atoms with van der Waals surface area (Å²) >= 11 is 0. The van der Waals surface area contributed by atoms with E-state index in [4.69, 9.17) is 0 Å². The third-order valence-electron chi connectivity index (χ3n) is 9.48. The van der Waals surface area contributed by atoms with Crippen LogP contribution in [0.1, 0.15) is 213 Å². The zero-order valence-corrected chi connectivity index (χ0v) is 30.3. The zero-order valence-electron chi connectivity index (χ0n) is 28.7. The average Bonchev–Trinajstić information content (AvgIpc) is 3.35. The van der Waals surface area contributed by atoms with E-state index < -0.39 is 0 Å². The van der Waals surface area contributed by atoms with Gasteiger partial charge in [0, 0.05) is 13.0 Å². The predicted molar refractivity (Wildman–Crippen MR) is 181 cm³/mol. The van der Waals surface area contributed by atoms with Gasteiger partial charge >= 0.3 is 0 Å². The van der Waals surface area contributed by atoms with Crippen LogP contribution in [0, 0.1) is 0 Å². The van der Waals surface area contributed by atoms with Crippen LogP contribution in [0.25, 0.3) is 0 Å². The second-order valence-electron chi connectivity index (χ2n) is 13.4. The van der Waals surface area contributed by atoms with Gasteiger partial charge in [-0.1, -0.05) is 181 Å². The molecule has 41 heavy (non-hydrogen) atoms. The van der Waals surface area contributed by atoms with E-state index in [1.807, 2.05) is 0 Å². The Morgan fingerprint density at radius 1 is 0.439 bits per heavy atom. The highest BCUT2D eigenvalue weighted by Crippen LogP contribution is 2.16. The van der Waals surface area contributed by atoms with Crippen LogP contribution >= 0.6 is 0 Å². The first-order valence-corrected chi connectivity index (χ1v) is 19.1. The summed E-state index contributed by atoms with van der Waals surface area (Å²) in [5.74, 6) is 0. The van der Waals surface area contributed by atoms with Crippen LogP contribution in [0.4, 0.5) is 0 Å². The van der Waals surface area contributed by atoms with Crippen LogP contribution in [0.2, 0.25) is 0 Å². The molecule has 246 valence electrons. The Bertz CT molecular complexity index is 488. The summed E-state index contributed by atoms with van der Waals surface area (Å²) in [4.78, 5) is 4.52. The molecule has 2 atom stereocenters. The molecule has 2 nitrogen and oxygen atoms in total. The lowest BCUT2D eigenvalue weighted by molar-refractivity contribution is -0.878. The molecule has 1 aliphatic heterocycles. The Morgan fingerprint density at radius 3 is 1.20 bits per heavy atom. The maximum absolute atomic E-state index is 2.75. The first kappa shape index (κ1) is 41.0. The summed E-state index contributed by atoms with van der Waals surface area (Å²) in [5, 5.41) is 0. The van der Waals surface area contributed by atoms with Crippen LogP contribution in [-0.4, -0.2) is 24.2 Å². The van der Waals surface area contributed by atoms with Crippen LogP contribution < -0.4 is 21.9 Å². The molecule has 1 aliphatic rings.